The summed E-state index contributed by atoms with van der Waals surface area (Å²) in [5.41, 5.74) is 9.86. The van der Waals surface area contributed by atoms with Gasteiger partial charge in [-0.25, -0.2) is 0 Å². The quantitative estimate of drug-likeness (QED) is 0.855. The highest BCUT2D eigenvalue weighted by Crippen LogP contribution is 2.10. The van der Waals surface area contributed by atoms with Gasteiger partial charge >= 0.3 is 0 Å². The molecule has 0 aliphatic heterocycles. The van der Waals surface area contributed by atoms with Gasteiger partial charge in [0.05, 0.1) is 0 Å². The first-order valence-corrected chi connectivity index (χ1v) is 7.33. The molecule has 0 fully saturated rings. The molecule has 3 nitrogen and oxygen atoms in total. The van der Waals surface area contributed by atoms with Gasteiger partial charge < -0.3 is 11.1 Å². The lowest BCUT2D eigenvalue weighted by Gasteiger charge is -2.10. The van der Waals surface area contributed by atoms with E-state index < -0.39 is 0 Å². The molecule has 0 aromatic heterocycles. The van der Waals surface area contributed by atoms with Crippen molar-refractivity contribution in [2.24, 2.45) is 5.73 Å². The molecule has 21 heavy (non-hydrogen) atoms. The van der Waals surface area contributed by atoms with Crippen molar-refractivity contribution in [3.63, 3.8) is 0 Å². The summed E-state index contributed by atoms with van der Waals surface area (Å²) in [6, 6.07) is 15.9. The summed E-state index contributed by atoms with van der Waals surface area (Å²) >= 11 is 0. The number of nitrogens with two attached hydrogens (primary N) is 1. The maximum Gasteiger partial charge on any atom is 0.251 e. The normalized spacial score (nSPS) is 10.4. The van der Waals surface area contributed by atoms with Crippen LogP contribution in [0.1, 0.15) is 27.0 Å². The fraction of sp³-hybridized carbons (Fsp3) is 0.278. The Kier molecular flexibility index (Phi) is 5.52. The zero-order chi connectivity index (χ0) is 15.1. The topological polar surface area (TPSA) is 55.1 Å². The second-order valence-electron chi connectivity index (χ2n) is 5.13. The van der Waals surface area contributed by atoms with Crippen molar-refractivity contribution >= 4 is 5.91 Å². The van der Waals surface area contributed by atoms with Crippen molar-refractivity contribution in [1.82, 2.24) is 5.32 Å². The lowest BCUT2D eigenvalue weighted by molar-refractivity contribution is 0.0953. The van der Waals surface area contributed by atoms with Gasteiger partial charge in [0, 0.05) is 12.1 Å². The third-order valence-corrected chi connectivity index (χ3v) is 3.62. The fourth-order valence-corrected chi connectivity index (χ4v) is 2.41. The van der Waals surface area contributed by atoms with Gasteiger partial charge in [-0.1, -0.05) is 42.5 Å². The molecule has 3 N–H and O–H groups in total. The van der Waals surface area contributed by atoms with E-state index in [0.717, 1.165) is 24.0 Å². The van der Waals surface area contributed by atoms with E-state index in [2.05, 4.69) is 24.4 Å². The van der Waals surface area contributed by atoms with Crippen molar-refractivity contribution in [2.45, 2.75) is 19.8 Å². The first kappa shape index (κ1) is 15.3. The van der Waals surface area contributed by atoms with Crippen LogP contribution in [0.25, 0.3) is 0 Å². The Morgan fingerprint density at radius 2 is 1.67 bits per heavy atom. The standard InChI is InChI=1S/C18H22N2O/c1-14-6-2-3-7-15(14)11-13-20-18(21)17-9-5-4-8-16(17)10-12-19/h2-9H,10-13,19H2,1H3,(H,20,21). The highest BCUT2D eigenvalue weighted by molar-refractivity contribution is 5.95. The van der Waals surface area contributed by atoms with Crippen molar-refractivity contribution in [3.05, 3.63) is 70.8 Å². The van der Waals surface area contributed by atoms with Gasteiger partial charge in [0.15, 0.2) is 0 Å². The molecule has 0 atom stereocenters. The van der Waals surface area contributed by atoms with Crippen LogP contribution in [0.3, 0.4) is 0 Å². The smallest absolute Gasteiger partial charge is 0.251 e. The molecule has 0 saturated carbocycles. The number of carbonyl (C=O) groups excluding carboxylic acids is 1. The summed E-state index contributed by atoms with van der Waals surface area (Å²) in [4.78, 5) is 12.3. The van der Waals surface area contributed by atoms with Gasteiger partial charge in [-0.2, -0.15) is 0 Å². The number of nitrogens with one attached hydrogen (secondary N) is 1. The molecule has 0 aliphatic rings. The number of benzene rings is 2. The van der Waals surface area contributed by atoms with Gasteiger partial charge in [0.1, 0.15) is 0 Å². The predicted molar refractivity (Wildman–Crippen MR) is 86.4 cm³/mol. The number of hydrogen-bond donors (Lipinski definition) is 2. The van der Waals surface area contributed by atoms with E-state index in [1.165, 1.54) is 11.1 Å². The van der Waals surface area contributed by atoms with Crippen LogP contribution in [0.4, 0.5) is 0 Å². The number of amides is 1. The van der Waals surface area contributed by atoms with Crippen molar-refractivity contribution in [3.8, 4) is 0 Å². The highest BCUT2D eigenvalue weighted by Gasteiger charge is 2.09. The Labute approximate surface area is 126 Å². The summed E-state index contributed by atoms with van der Waals surface area (Å²) in [6.45, 7) is 3.28. The molecular formula is C18H22N2O. The van der Waals surface area contributed by atoms with Crippen LogP contribution in [0.5, 0.6) is 0 Å². The van der Waals surface area contributed by atoms with E-state index >= 15 is 0 Å². The molecule has 0 saturated heterocycles. The summed E-state index contributed by atoms with van der Waals surface area (Å²) in [7, 11) is 0. The first-order chi connectivity index (χ1) is 10.2. The lowest BCUT2D eigenvalue weighted by atomic mass is 10.0. The third kappa shape index (κ3) is 4.17. The Morgan fingerprint density at radius 3 is 2.38 bits per heavy atom. The average molecular weight is 282 g/mol. The summed E-state index contributed by atoms with van der Waals surface area (Å²) in [5, 5.41) is 2.99. The average Bonchev–Trinajstić information content (AvgIpc) is 2.50. The minimum absolute atomic E-state index is 0.0207. The highest BCUT2D eigenvalue weighted by atomic mass is 16.1. The molecule has 2 aromatic carbocycles. The molecule has 0 aliphatic carbocycles. The van der Waals surface area contributed by atoms with Gasteiger partial charge in [-0.05, 0) is 49.1 Å². The molecule has 0 radical (unpaired) electrons. The molecule has 2 aromatic rings. The zero-order valence-corrected chi connectivity index (χ0v) is 12.4. The van der Waals surface area contributed by atoms with E-state index in [0.29, 0.717) is 13.1 Å². The Balaban J connectivity index is 1.95. The summed E-state index contributed by atoms with van der Waals surface area (Å²) in [6.07, 6.45) is 1.57. The SMILES string of the molecule is Cc1ccccc1CCNC(=O)c1ccccc1CCN. The Hall–Kier alpha value is -2.13. The van der Waals surface area contributed by atoms with Crippen LogP contribution in [0.15, 0.2) is 48.5 Å². The predicted octanol–water partition coefficient (Wildman–Crippen LogP) is 2.47. The molecule has 0 unspecified atom stereocenters. The van der Waals surface area contributed by atoms with Crippen LogP contribution in [-0.4, -0.2) is 19.0 Å². The van der Waals surface area contributed by atoms with Crippen LogP contribution in [0, 0.1) is 6.92 Å². The molecule has 0 spiro atoms. The molecule has 3 heteroatoms. The van der Waals surface area contributed by atoms with Gasteiger partial charge in [0.25, 0.3) is 5.91 Å². The molecule has 0 bridgehead atoms. The van der Waals surface area contributed by atoms with E-state index in [1.54, 1.807) is 0 Å². The Bertz CT molecular complexity index is 608. The number of rotatable bonds is 6. The molecule has 1 amide bonds. The largest absolute Gasteiger partial charge is 0.352 e. The zero-order valence-electron chi connectivity index (χ0n) is 12.4. The van der Waals surface area contributed by atoms with Gasteiger partial charge in [0.2, 0.25) is 0 Å². The van der Waals surface area contributed by atoms with E-state index in [9.17, 15) is 4.79 Å². The van der Waals surface area contributed by atoms with Crippen molar-refractivity contribution in [2.75, 3.05) is 13.1 Å². The fourth-order valence-electron chi connectivity index (χ4n) is 2.41. The van der Waals surface area contributed by atoms with Crippen molar-refractivity contribution in [1.29, 1.82) is 0 Å². The van der Waals surface area contributed by atoms with Gasteiger partial charge in [-0.15, -0.1) is 0 Å². The molecule has 0 heterocycles. The molecule has 2 rings (SSSR count). The lowest BCUT2D eigenvalue weighted by Crippen LogP contribution is -2.27. The molecular weight excluding hydrogens is 260 g/mol. The van der Waals surface area contributed by atoms with Gasteiger partial charge in [-0.3, -0.25) is 4.79 Å². The number of hydrogen-bond acceptors (Lipinski definition) is 2. The van der Waals surface area contributed by atoms with Crippen LogP contribution in [-0.2, 0) is 12.8 Å². The monoisotopic (exact) mass is 282 g/mol. The third-order valence-electron chi connectivity index (χ3n) is 3.62. The van der Waals surface area contributed by atoms with Crippen molar-refractivity contribution < 1.29 is 4.79 Å². The summed E-state index contributed by atoms with van der Waals surface area (Å²) in [5.74, 6) is -0.0207. The van der Waals surface area contributed by atoms with Crippen LogP contribution >= 0.6 is 0 Å². The first-order valence-electron chi connectivity index (χ1n) is 7.33. The van der Waals surface area contributed by atoms with E-state index in [-0.39, 0.29) is 5.91 Å². The van der Waals surface area contributed by atoms with E-state index in [4.69, 9.17) is 5.73 Å². The molecule has 110 valence electrons. The maximum atomic E-state index is 12.3. The maximum absolute atomic E-state index is 12.3. The van der Waals surface area contributed by atoms with Crippen LogP contribution in [0.2, 0.25) is 0 Å². The minimum Gasteiger partial charge on any atom is -0.352 e. The Morgan fingerprint density at radius 1 is 1.00 bits per heavy atom. The van der Waals surface area contributed by atoms with E-state index in [1.807, 2.05) is 36.4 Å². The van der Waals surface area contributed by atoms with Crippen LogP contribution < -0.4 is 11.1 Å². The minimum atomic E-state index is -0.0207. The number of aryl methyl sites for hydroxylation is 1. The second-order valence-corrected chi connectivity index (χ2v) is 5.13. The second kappa shape index (κ2) is 7.60. The summed E-state index contributed by atoms with van der Waals surface area (Å²) < 4.78 is 0. The number of carbonyl (C=O) groups is 1.